The number of carbonyl (C=O) groups is 1. The standard InChI is InChI=1S/C13H25NO3/c1-9-5-6-10(17-9)12(16)14-11(7-8-15)13(2,3)4/h9-11,15H,5-8H2,1-4H3,(H,14,16). The van der Waals surface area contributed by atoms with Crippen LogP contribution in [0, 0.1) is 5.41 Å². The van der Waals surface area contributed by atoms with Gasteiger partial charge in [0, 0.05) is 12.6 Å². The van der Waals surface area contributed by atoms with Gasteiger partial charge in [0.25, 0.3) is 0 Å². The number of ether oxygens (including phenoxy) is 1. The fourth-order valence-corrected chi connectivity index (χ4v) is 2.11. The highest BCUT2D eigenvalue weighted by Crippen LogP contribution is 2.24. The van der Waals surface area contributed by atoms with E-state index in [4.69, 9.17) is 9.84 Å². The lowest BCUT2D eigenvalue weighted by atomic mass is 9.85. The number of hydrogen-bond acceptors (Lipinski definition) is 3. The van der Waals surface area contributed by atoms with E-state index in [-0.39, 0.29) is 36.2 Å². The Labute approximate surface area is 104 Å². The van der Waals surface area contributed by atoms with Crippen LogP contribution >= 0.6 is 0 Å². The fraction of sp³-hybridized carbons (Fsp3) is 0.923. The Morgan fingerprint density at radius 1 is 1.47 bits per heavy atom. The maximum atomic E-state index is 12.0. The van der Waals surface area contributed by atoms with Gasteiger partial charge < -0.3 is 15.2 Å². The van der Waals surface area contributed by atoms with E-state index in [1.54, 1.807) is 0 Å². The zero-order valence-electron chi connectivity index (χ0n) is 11.3. The van der Waals surface area contributed by atoms with Crippen molar-refractivity contribution in [1.29, 1.82) is 0 Å². The molecule has 0 spiro atoms. The van der Waals surface area contributed by atoms with E-state index >= 15 is 0 Å². The first-order chi connectivity index (χ1) is 7.84. The molecule has 0 aliphatic carbocycles. The highest BCUT2D eigenvalue weighted by atomic mass is 16.5. The smallest absolute Gasteiger partial charge is 0.249 e. The van der Waals surface area contributed by atoms with Crippen LogP contribution in [0.2, 0.25) is 0 Å². The van der Waals surface area contributed by atoms with E-state index in [0.717, 1.165) is 12.8 Å². The first-order valence-corrected chi connectivity index (χ1v) is 6.41. The summed E-state index contributed by atoms with van der Waals surface area (Å²) in [6.45, 7) is 8.26. The average Bonchev–Trinajstić information content (AvgIpc) is 2.62. The molecule has 17 heavy (non-hydrogen) atoms. The van der Waals surface area contributed by atoms with Crippen LogP contribution in [0.5, 0.6) is 0 Å². The number of aliphatic hydroxyl groups is 1. The summed E-state index contributed by atoms with van der Waals surface area (Å²) < 4.78 is 5.54. The minimum absolute atomic E-state index is 0.0143. The quantitative estimate of drug-likeness (QED) is 0.786. The lowest BCUT2D eigenvalue weighted by Crippen LogP contribution is -2.48. The van der Waals surface area contributed by atoms with Crippen LogP contribution in [0.1, 0.15) is 47.0 Å². The Morgan fingerprint density at radius 3 is 2.53 bits per heavy atom. The summed E-state index contributed by atoms with van der Waals surface area (Å²) in [4.78, 5) is 12.0. The summed E-state index contributed by atoms with van der Waals surface area (Å²) in [6, 6.07) is -0.0143. The lowest BCUT2D eigenvalue weighted by molar-refractivity contribution is -0.133. The molecule has 1 fully saturated rings. The summed E-state index contributed by atoms with van der Waals surface area (Å²) in [7, 11) is 0. The number of aliphatic hydroxyl groups excluding tert-OH is 1. The molecule has 1 aliphatic heterocycles. The van der Waals surface area contributed by atoms with Crippen LogP contribution < -0.4 is 5.32 Å². The first kappa shape index (κ1) is 14.5. The molecule has 1 saturated heterocycles. The zero-order valence-corrected chi connectivity index (χ0v) is 11.3. The highest BCUT2D eigenvalue weighted by molar-refractivity contribution is 5.81. The lowest BCUT2D eigenvalue weighted by Gasteiger charge is -2.32. The van der Waals surface area contributed by atoms with Crippen LogP contribution in [0.15, 0.2) is 0 Å². The van der Waals surface area contributed by atoms with Gasteiger partial charge in [0.2, 0.25) is 5.91 Å². The summed E-state index contributed by atoms with van der Waals surface area (Å²) in [6.07, 6.45) is 2.18. The topological polar surface area (TPSA) is 58.6 Å². The highest BCUT2D eigenvalue weighted by Gasteiger charge is 2.32. The van der Waals surface area contributed by atoms with Gasteiger partial charge in [0.05, 0.1) is 6.10 Å². The Hall–Kier alpha value is -0.610. The number of hydrogen-bond donors (Lipinski definition) is 2. The van der Waals surface area contributed by atoms with Crippen molar-refractivity contribution in [2.45, 2.75) is 65.2 Å². The van der Waals surface area contributed by atoms with E-state index in [9.17, 15) is 4.79 Å². The van der Waals surface area contributed by atoms with Crippen LogP contribution in [0.25, 0.3) is 0 Å². The van der Waals surface area contributed by atoms with E-state index < -0.39 is 0 Å². The molecule has 1 rings (SSSR count). The third-order valence-electron chi connectivity index (χ3n) is 3.30. The third-order valence-corrected chi connectivity index (χ3v) is 3.30. The van der Waals surface area contributed by atoms with Crippen molar-refractivity contribution in [2.24, 2.45) is 5.41 Å². The van der Waals surface area contributed by atoms with Crippen LogP contribution in [0.4, 0.5) is 0 Å². The van der Waals surface area contributed by atoms with Crippen molar-refractivity contribution in [2.75, 3.05) is 6.61 Å². The van der Waals surface area contributed by atoms with Gasteiger partial charge in [-0.15, -0.1) is 0 Å². The van der Waals surface area contributed by atoms with Crippen molar-refractivity contribution < 1.29 is 14.6 Å². The Bertz CT molecular complexity index is 260. The van der Waals surface area contributed by atoms with Gasteiger partial charge in [0.15, 0.2) is 0 Å². The van der Waals surface area contributed by atoms with E-state index in [1.807, 2.05) is 6.92 Å². The molecule has 0 saturated carbocycles. The second-order valence-corrected chi connectivity index (χ2v) is 5.95. The predicted octanol–water partition coefficient (Wildman–Crippen LogP) is 1.47. The van der Waals surface area contributed by atoms with Crippen molar-refractivity contribution in [3.8, 4) is 0 Å². The summed E-state index contributed by atoms with van der Waals surface area (Å²) in [5.74, 6) is -0.0391. The molecule has 100 valence electrons. The maximum Gasteiger partial charge on any atom is 0.249 e. The normalized spacial score (nSPS) is 26.9. The molecule has 0 aromatic heterocycles. The molecule has 0 radical (unpaired) electrons. The molecule has 2 N–H and O–H groups in total. The van der Waals surface area contributed by atoms with E-state index in [1.165, 1.54) is 0 Å². The molecule has 0 aromatic rings. The number of carbonyl (C=O) groups excluding carboxylic acids is 1. The molecule has 4 nitrogen and oxygen atoms in total. The largest absolute Gasteiger partial charge is 0.396 e. The average molecular weight is 243 g/mol. The van der Waals surface area contributed by atoms with E-state index in [0.29, 0.717) is 6.42 Å². The summed E-state index contributed by atoms with van der Waals surface area (Å²) in [5.41, 5.74) is -0.0530. The van der Waals surface area contributed by atoms with Crippen molar-refractivity contribution in [3.05, 3.63) is 0 Å². The Morgan fingerprint density at radius 2 is 2.12 bits per heavy atom. The monoisotopic (exact) mass is 243 g/mol. The molecule has 3 unspecified atom stereocenters. The fourth-order valence-electron chi connectivity index (χ4n) is 2.11. The van der Waals surface area contributed by atoms with Gasteiger partial charge in [-0.2, -0.15) is 0 Å². The van der Waals surface area contributed by atoms with E-state index in [2.05, 4.69) is 26.1 Å². The SMILES string of the molecule is CC1CCC(C(=O)NC(CCO)C(C)(C)C)O1. The molecule has 1 aliphatic rings. The maximum absolute atomic E-state index is 12.0. The second-order valence-electron chi connectivity index (χ2n) is 5.95. The number of rotatable bonds is 4. The molecule has 1 amide bonds. The Kier molecular flexibility index (Phi) is 4.95. The molecule has 3 atom stereocenters. The number of nitrogens with one attached hydrogen (secondary N) is 1. The third kappa shape index (κ3) is 4.28. The first-order valence-electron chi connectivity index (χ1n) is 6.41. The van der Waals surface area contributed by atoms with Crippen LogP contribution in [-0.4, -0.2) is 35.9 Å². The van der Waals surface area contributed by atoms with Gasteiger partial charge in [-0.05, 0) is 31.6 Å². The van der Waals surface area contributed by atoms with Crippen molar-refractivity contribution in [1.82, 2.24) is 5.32 Å². The Balaban J connectivity index is 2.52. The van der Waals surface area contributed by atoms with Gasteiger partial charge in [-0.3, -0.25) is 4.79 Å². The van der Waals surface area contributed by atoms with Crippen LogP contribution in [0.3, 0.4) is 0 Å². The minimum Gasteiger partial charge on any atom is -0.396 e. The van der Waals surface area contributed by atoms with Crippen molar-refractivity contribution in [3.63, 3.8) is 0 Å². The van der Waals surface area contributed by atoms with Gasteiger partial charge >= 0.3 is 0 Å². The minimum atomic E-state index is -0.312. The van der Waals surface area contributed by atoms with Gasteiger partial charge in [-0.1, -0.05) is 20.8 Å². The number of amides is 1. The van der Waals surface area contributed by atoms with Gasteiger partial charge in [-0.25, -0.2) is 0 Å². The molecular formula is C13H25NO3. The molecule has 1 heterocycles. The molecule has 0 aromatic carbocycles. The molecule has 4 heteroatoms. The van der Waals surface area contributed by atoms with Gasteiger partial charge in [0.1, 0.15) is 6.10 Å². The summed E-state index contributed by atoms with van der Waals surface area (Å²) in [5, 5.41) is 12.0. The van der Waals surface area contributed by atoms with Crippen molar-refractivity contribution >= 4 is 5.91 Å². The molecule has 0 bridgehead atoms. The second kappa shape index (κ2) is 5.83. The van der Waals surface area contributed by atoms with Crippen LogP contribution in [-0.2, 0) is 9.53 Å². The predicted molar refractivity (Wildman–Crippen MR) is 66.7 cm³/mol. The molecular weight excluding hydrogens is 218 g/mol. The zero-order chi connectivity index (χ0) is 13.1. The summed E-state index contributed by atoms with van der Waals surface area (Å²) >= 11 is 0.